The Morgan fingerprint density at radius 3 is 2.89 bits per heavy atom. The number of thiazole rings is 1. The summed E-state index contributed by atoms with van der Waals surface area (Å²) in [5.74, 6) is 0. The van der Waals surface area contributed by atoms with E-state index >= 15 is 0 Å². The lowest BCUT2D eigenvalue weighted by atomic mass is 10.2. The van der Waals surface area contributed by atoms with Crippen LogP contribution < -0.4 is 5.48 Å². The molecular weight excluding hydrogens is 266 g/mol. The molecule has 0 aromatic carbocycles. The number of aryl methyl sites for hydroxylation is 2. The monoisotopic (exact) mass is 279 g/mol. The highest BCUT2D eigenvalue weighted by Gasteiger charge is 2.14. The summed E-state index contributed by atoms with van der Waals surface area (Å²) in [5, 5.41) is 9.78. The topological polar surface area (TPSA) is 58.0 Å². The summed E-state index contributed by atoms with van der Waals surface area (Å²) >= 11 is 6.52. The molecule has 4 nitrogen and oxygen atoms in total. The van der Waals surface area contributed by atoms with Gasteiger partial charge in [0.2, 0.25) is 0 Å². The lowest BCUT2D eigenvalue weighted by Gasteiger charge is -1.98. The Kier molecular flexibility index (Phi) is 4.00. The van der Waals surface area contributed by atoms with Crippen LogP contribution in [0, 0.1) is 6.92 Å². The van der Waals surface area contributed by atoms with Crippen molar-refractivity contribution in [2.75, 3.05) is 0 Å². The van der Waals surface area contributed by atoms with Gasteiger partial charge in [0.05, 0.1) is 10.6 Å². The molecule has 6 heteroatoms. The number of rotatable bonds is 3. The normalized spacial score (nSPS) is 10.4. The summed E-state index contributed by atoms with van der Waals surface area (Å²) in [5.41, 5.74) is 4.97. The third-order valence-electron chi connectivity index (χ3n) is 2.46. The summed E-state index contributed by atoms with van der Waals surface area (Å²) < 4.78 is 0. The van der Waals surface area contributed by atoms with Crippen LogP contribution in [0.3, 0.4) is 0 Å². The zero-order chi connectivity index (χ0) is 13.1. The summed E-state index contributed by atoms with van der Waals surface area (Å²) in [6.07, 6.45) is 4.36. The third-order valence-corrected chi connectivity index (χ3v) is 4.05. The van der Waals surface area contributed by atoms with E-state index in [0.717, 1.165) is 33.1 Å². The lowest BCUT2D eigenvalue weighted by Crippen LogP contribution is -2.17. The van der Waals surface area contributed by atoms with E-state index in [0.29, 0.717) is 4.99 Å². The number of hydrogen-bond donors (Lipinski definition) is 2. The van der Waals surface area contributed by atoms with Gasteiger partial charge in [0.1, 0.15) is 10.00 Å². The van der Waals surface area contributed by atoms with Crippen LogP contribution in [-0.2, 0) is 6.42 Å². The van der Waals surface area contributed by atoms with Gasteiger partial charge < -0.3 is 0 Å². The fraction of sp³-hybridized carbons (Fsp3) is 0.250. The Labute approximate surface area is 115 Å². The summed E-state index contributed by atoms with van der Waals surface area (Å²) in [6.45, 7) is 4.00. The number of thiocarbonyl (C=S) groups is 1. The molecule has 94 valence electrons. The number of nitrogens with zero attached hydrogens (tertiary/aromatic N) is 2. The smallest absolute Gasteiger partial charge is 0.142 e. The van der Waals surface area contributed by atoms with Crippen molar-refractivity contribution in [3.05, 3.63) is 34.6 Å². The molecule has 0 unspecified atom stereocenters. The molecule has 2 aromatic heterocycles. The van der Waals surface area contributed by atoms with Crippen LogP contribution in [0.4, 0.5) is 0 Å². The van der Waals surface area contributed by atoms with Gasteiger partial charge in [-0.25, -0.2) is 4.98 Å². The predicted octanol–water partition coefficient (Wildman–Crippen LogP) is 2.73. The highest BCUT2D eigenvalue weighted by molar-refractivity contribution is 7.81. The van der Waals surface area contributed by atoms with Crippen LogP contribution in [0.15, 0.2) is 18.5 Å². The minimum atomic E-state index is 0.316. The molecule has 2 N–H and O–H groups in total. The zero-order valence-corrected chi connectivity index (χ0v) is 11.7. The largest absolute Gasteiger partial charge is 0.290 e. The third kappa shape index (κ3) is 2.55. The first kappa shape index (κ1) is 13.1. The van der Waals surface area contributed by atoms with Crippen molar-refractivity contribution in [1.29, 1.82) is 0 Å². The minimum Gasteiger partial charge on any atom is -0.290 e. The lowest BCUT2D eigenvalue weighted by molar-refractivity contribution is 0.238. The van der Waals surface area contributed by atoms with Gasteiger partial charge in [0.15, 0.2) is 0 Å². The molecule has 0 saturated heterocycles. The summed E-state index contributed by atoms with van der Waals surface area (Å²) in [7, 11) is 0. The van der Waals surface area contributed by atoms with Crippen molar-refractivity contribution < 1.29 is 5.21 Å². The van der Waals surface area contributed by atoms with Crippen LogP contribution >= 0.6 is 23.6 Å². The Morgan fingerprint density at radius 2 is 2.28 bits per heavy atom. The van der Waals surface area contributed by atoms with Gasteiger partial charge in [-0.3, -0.25) is 15.7 Å². The van der Waals surface area contributed by atoms with Crippen LogP contribution in [-0.4, -0.2) is 20.2 Å². The fourth-order valence-corrected chi connectivity index (χ4v) is 2.88. The van der Waals surface area contributed by atoms with Crippen molar-refractivity contribution in [2.45, 2.75) is 20.3 Å². The van der Waals surface area contributed by atoms with E-state index in [1.165, 1.54) is 11.3 Å². The van der Waals surface area contributed by atoms with Crippen LogP contribution in [0.25, 0.3) is 10.6 Å². The average molecular weight is 279 g/mol. The van der Waals surface area contributed by atoms with Gasteiger partial charge >= 0.3 is 0 Å². The Hall–Kier alpha value is -1.37. The fourth-order valence-electron chi connectivity index (χ4n) is 1.61. The van der Waals surface area contributed by atoms with Crippen molar-refractivity contribution in [1.82, 2.24) is 15.4 Å². The molecule has 0 spiro atoms. The van der Waals surface area contributed by atoms with Gasteiger partial charge in [-0.15, -0.1) is 11.3 Å². The first-order valence-corrected chi connectivity index (χ1v) is 6.74. The molecule has 0 saturated carbocycles. The first-order valence-electron chi connectivity index (χ1n) is 5.51. The predicted molar refractivity (Wildman–Crippen MR) is 76.1 cm³/mol. The maximum atomic E-state index is 8.91. The number of hydrogen-bond acceptors (Lipinski definition) is 5. The van der Waals surface area contributed by atoms with Crippen molar-refractivity contribution in [3.8, 4) is 10.6 Å². The number of hydroxylamine groups is 1. The Balaban J connectivity index is 2.47. The van der Waals surface area contributed by atoms with E-state index in [4.69, 9.17) is 17.4 Å². The number of pyridine rings is 1. The summed E-state index contributed by atoms with van der Waals surface area (Å²) in [4.78, 5) is 9.84. The SMILES string of the molecule is CCc1nc(-c2cncc(C)c2)sc1C(=S)NO. The molecular formula is C12H13N3OS2. The van der Waals surface area contributed by atoms with Crippen molar-refractivity contribution in [3.63, 3.8) is 0 Å². The van der Waals surface area contributed by atoms with Crippen LogP contribution in [0.1, 0.15) is 23.1 Å². The minimum absolute atomic E-state index is 0.316. The highest BCUT2D eigenvalue weighted by Crippen LogP contribution is 2.28. The van der Waals surface area contributed by atoms with Gasteiger partial charge in [-0.05, 0) is 25.0 Å². The molecule has 2 rings (SSSR count). The molecule has 2 aromatic rings. The Morgan fingerprint density at radius 1 is 1.50 bits per heavy atom. The second-order valence-electron chi connectivity index (χ2n) is 3.84. The van der Waals surface area contributed by atoms with E-state index < -0.39 is 0 Å². The number of nitrogens with one attached hydrogen (secondary N) is 1. The zero-order valence-electron chi connectivity index (χ0n) is 10.1. The van der Waals surface area contributed by atoms with Gasteiger partial charge in [-0.2, -0.15) is 0 Å². The van der Waals surface area contributed by atoms with E-state index in [1.807, 2.05) is 25.4 Å². The molecule has 0 bridgehead atoms. The molecule has 0 aliphatic heterocycles. The first-order chi connectivity index (χ1) is 8.65. The molecule has 0 amide bonds. The van der Waals surface area contributed by atoms with Gasteiger partial charge in [0, 0.05) is 18.0 Å². The van der Waals surface area contributed by atoms with Crippen molar-refractivity contribution in [2.24, 2.45) is 0 Å². The van der Waals surface area contributed by atoms with E-state index in [9.17, 15) is 0 Å². The van der Waals surface area contributed by atoms with E-state index in [2.05, 4.69) is 9.97 Å². The quantitative estimate of drug-likeness (QED) is 0.668. The maximum Gasteiger partial charge on any atom is 0.142 e. The van der Waals surface area contributed by atoms with E-state index in [-0.39, 0.29) is 0 Å². The molecule has 0 aliphatic rings. The van der Waals surface area contributed by atoms with Crippen LogP contribution in [0.5, 0.6) is 0 Å². The second kappa shape index (κ2) is 5.51. The molecule has 0 aliphatic carbocycles. The molecule has 0 fully saturated rings. The van der Waals surface area contributed by atoms with Crippen molar-refractivity contribution >= 4 is 28.5 Å². The Bertz CT molecular complexity index is 580. The molecule has 0 radical (unpaired) electrons. The standard InChI is InChI=1S/C12H13N3OS2/c1-3-9-10(11(17)15-16)18-12(14-9)8-4-7(2)5-13-6-8/h4-6,16H,3H2,1-2H3,(H,15,17). The van der Waals surface area contributed by atoms with E-state index in [1.54, 1.807) is 12.4 Å². The van der Waals surface area contributed by atoms with Gasteiger partial charge in [0.25, 0.3) is 0 Å². The average Bonchev–Trinajstić information content (AvgIpc) is 2.82. The summed E-state index contributed by atoms with van der Waals surface area (Å²) in [6, 6.07) is 2.03. The maximum absolute atomic E-state index is 8.91. The van der Waals surface area contributed by atoms with Gasteiger partial charge in [-0.1, -0.05) is 19.1 Å². The second-order valence-corrected chi connectivity index (χ2v) is 5.25. The molecule has 2 heterocycles. The molecule has 18 heavy (non-hydrogen) atoms. The molecule has 0 atom stereocenters. The number of aromatic nitrogens is 2. The highest BCUT2D eigenvalue weighted by atomic mass is 32.1. The van der Waals surface area contributed by atoms with Crippen LogP contribution in [0.2, 0.25) is 0 Å².